The van der Waals surface area contributed by atoms with Gasteiger partial charge < -0.3 is 15.1 Å². The summed E-state index contributed by atoms with van der Waals surface area (Å²) in [4.78, 5) is 44.3. The van der Waals surface area contributed by atoms with Crippen LogP contribution in [0.15, 0.2) is 24.3 Å². The number of rotatable bonds is 7. The number of likely N-dealkylation sites (tertiary alicyclic amines) is 1. The van der Waals surface area contributed by atoms with Gasteiger partial charge in [0.15, 0.2) is 5.78 Å². The highest BCUT2D eigenvalue weighted by molar-refractivity contribution is 6.03. The van der Waals surface area contributed by atoms with Gasteiger partial charge in [0.2, 0.25) is 5.91 Å². The molecule has 2 amide bonds. The van der Waals surface area contributed by atoms with E-state index in [0.29, 0.717) is 50.5 Å². The number of carbonyl (C=O) groups excluding carboxylic acids is 3. The van der Waals surface area contributed by atoms with Gasteiger partial charge in [-0.05, 0) is 75.2 Å². The number of Topliss-reactive ketones (excluding diaryl/α,β-unsaturated/α-hetero) is 1. The van der Waals surface area contributed by atoms with Crippen LogP contribution in [0.5, 0.6) is 0 Å². The van der Waals surface area contributed by atoms with E-state index in [-0.39, 0.29) is 29.6 Å². The molecular weight excluding hydrogens is 516 g/mol. The number of aromatic nitrogens is 2. The van der Waals surface area contributed by atoms with E-state index in [1.807, 2.05) is 40.8 Å². The maximum Gasteiger partial charge on any atom is 0.253 e. The molecule has 3 fully saturated rings. The van der Waals surface area contributed by atoms with Crippen molar-refractivity contribution >= 4 is 17.6 Å². The molecule has 0 unspecified atom stereocenters. The fraction of sp³-hybridized carbons (Fsp3) is 0.625. The zero-order valence-corrected chi connectivity index (χ0v) is 25.4. The summed E-state index contributed by atoms with van der Waals surface area (Å²) in [7, 11) is 0. The van der Waals surface area contributed by atoms with Gasteiger partial charge in [-0.15, -0.1) is 0 Å². The van der Waals surface area contributed by atoms with E-state index in [9.17, 15) is 14.4 Å². The van der Waals surface area contributed by atoms with Crippen molar-refractivity contribution in [3.63, 3.8) is 0 Å². The summed E-state index contributed by atoms with van der Waals surface area (Å²) in [5, 5.41) is 11.7. The molecule has 1 aromatic heterocycles. The van der Waals surface area contributed by atoms with Crippen molar-refractivity contribution in [3.8, 4) is 0 Å². The van der Waals surface area contributed by atoms with Gasteiger partial charge in [-0.1, -0.05) is 39.8 Å². The molecule has 2 aromatic rings. The van der Waals surface area contributed by atoms with Gasteiger partial charge in [0.25, 0.3) is 5.91 Å². The van der Waals surface area contributed by atoms with Crippen molar-refractivity contribution in [1.29, 1.82) is 0 Å². The van der Waals surface area contributed by atoms with E-state index in [4.69, 9.17) is 5.10 Å². The second-order valence-corrected chi connectivity index (χ2v) is 12.9. The highest BCUT2D eigenvalue weighted by atomic mass is 16.2. The maximum atomic E-state index is 13.8. The van der Waals surface area contributed by atoms with Crippen LogP contribution in [0.1, 0.15) is 104 Å². The molecule has 9 nitrogen and oxygen atoms in total. The van der Waals surface area contributed by atoms with E-state index < -0.39 is 5.54 Å². The Balaban J connectivity index is 1.25. The zero-order valence-electron chi connectivity index (χ0n) is 25.4. The van der Waals surface area contributed by atoms with E-state index >= 15 is 0 Å². The van der Waals surface area contributed by atoms with Crippen LogP contribution >= 0.6 is 0 Å². The molecule has 0 bridgehead atoms. The van der Waals surface area contributed by atoms with E-state index in [0.717, 1.165) is 49.4 Å². The van der Waals surface area contributed by atoms with E-state index in [1.165, 1.54) is 5.56 Å². The van der Waals surface area contributed by atoms with Gasteiger partial charge in [0.05, 0.1) is 30.2 Å². The molecule has 3 aliphatic rings. The standard InChI is InChI=1S/C32H46N6O3/c1-6-25-27(28(38(7-2)35-25)22-12-16-33-17-13-22)26(39)20-37-21-34-32(30(37)41)14-18-36(19-15-32)29(40)23-8-10-24(11-9-23)31(3,4)5/h8-11,22,33-34H,6-7,12-21H2,1-5H3. The quantitative estimate of drug-likeness (QED) is 0.502. The first-order valence-corrected chi connectivity index (χ1v) is 15.4. The van der Waals surface area contributed by atoms with Crippen LogP contribution < -0.4 is 10.6 Å². The summed E-state index contributed by atoms with van der Waals surface area (Å²) in [6, 6.07) is 7.87. The molecule has 41 heavy (non-hydrogen) atoms. The number of nitrogens with zero attached hydrogens (tertiary/aromatic N) is 4. The number of nitrogens with one attached hydrogen (secondary N) is 2. The number of ketones is 1. The molecule has 0 radical (unpaired) electrons. The molecule has 2 N–H and O–H groups in total. The highest BCUT2D eigenvalue weighted by Gasteiger charge is 2.49. The summed E-state index contributed by atoms with van der Waals surface area (Å²) in [6.45, 7) is 14.6. The highest BCUT2D eigenvalue weighted by Crippen LogP contribution is 2.33. The lowest BCUT2D eigenvalue weighted by molar-refractivity contribution is -0.133. The maximum absolute atomic E-state index is 13.8. The lowest BCUT2D eigenvalue weighted by atomic mass is 9.86. The van der Waals surface area contributed by atoms with Gasteiger partial charge in [-0.2, -0.15) is 5.10 Å². The summed E-state index contributed by atoms with van der Waals surface area (Å²) >= 11 is 0. The topological polar surface area (TPSA) is 99.6 Å². The Bertz CT molecular complexity index is 1280. The van der Waals surface area contributed by atoms with Crippen molar-refractivity contribution in [2.24, 2.45) is 0 Å². The van der Waals surface area contributed by atoms with E-state index in [1.54, 1.807) is 4.90 Å². The minimum absolute atomic E-state index is 0.00302. The number of carbonyl (C=O) groups is 3. The third-order valence-corrected chi connectivity index (χ3v) is 9.24. The lowest BCUT2D eigenvalue weighted by Gasteiger charge is -2.37. The molecule has 1 spiro atoms. The molecule has 3 aliphatic heterocycles. The van der Waals surface area contributed by atoms with Crippen LogP contribution in [0, 0.1) is 0 Å². The summed E-state index contributed by atoms with van der Waals surface area (Å²) in [6.07, 6.45) is 3.73. The third-order valence-electron chi connectivity index (χ3n) is 9.24. The Labute approximate surface area is 244 Å². The number of hydrogen-bond acceptors (Lipinski definition) is 6. The smallest absolute Gasteiger partial charge is 0.253 e. The molecule has 0 saturated carbocycles. The minimum Gasteiger partial charge on any atom is -0.338 e. The van der Waals surface area contributed by atoms with Gasteiger partial charge in [0, 0.05) is 31.1 Å². The first-order valence-electron chi connectivity index (χ1n) is 15.4. The van der Waals surface area contributed by atoms with Crippen LogP contribution in [-0.4, -0.2) is 82.1 Å². The van der Waals surface area contributed by atoms with Crippen molar-refractivity contribution in [2.75, 3.05) is 39.4 Å². The number of hydrogen-bond donors (Lipinski definition) is 2. The Morgan fingerprint density at radius 2 is 1.71 bits per heavy atom. The second-order valence-electron chi connectivity index (χ2n) is 12.9. The van der Waals surface area contributed by atoms with Crippen molar-refractivity contribution in [3.05, 3.63) is 52.3 Å². The molecular formula is C32H46N6O3. The van der Waals surface area contributed by atoms with Crippen LogP contribution in [0.25, 0.3) is 0 Å². The fourth-order valence-electron chi connectivity index (χ4n) is 6.68. The van der Waals surface area contributed by atoms with Crippen LogP contribution in [-0.2, 0) is 23.2 Å². The second kappa shape index (κ2) is 11.7. The molecule has 222 valence electrons. The van der Waals surface area contributed by atoms with Crippen molar-refractivity contribution < 1.29 is 14.4 Å². The number of piperidine rings is 2. The Kier molecular flexibility index (Phi) is 8.39. The summed E-state index contributed by atoms with van der Waals surface area (Å²) < 4.78 is 2.01. The summed E-state index contributed by atoms with van der Waals surface area (Å²) in [5.74, 6) is 0.252. The molecule has 0 atom stereocenters. The summed E-state index contributed by atoms with van der Waals surface area (Å²) in [5.41, 5.74) is 3.80. The fourth-order valence-corrected chi connectivity index (χ4v) is 6.68. The predicted molar refractivity (Wildman–Crippen MR) is 159 cm³/mol. The van der Waals surface area contributed by atoms with Gasteiger partial charge in [-0.3, -0.25) is 24.4 Å². The largest absolute Gasteiger partial charge is 0.338 e. The molecule has 4 heterocycles. The first kappa shape index (κ1) is 29.5. The Hall–Kier alpha value is -3.04. The van der Waals surface area contributed by atoms with Gasteiger partial charge >= 0.3 is 0 Å². The monoisotopic (exact) mass is 562 g/mol. The molecule has 3 saturated heterocycles. The first-order chi connectivity index (χ1) is 19.6. The van der Waals surface area contributed by atoms with Gasteiger partial charge in [0.1, 0.15) is 5.54 Å². The number of benzene rings is 1. The normalized spacial score (nSPS) is 19.8. The molecule has 1 aromatic carbocycles. The Morgan fingerprint density at radius 1 is 1.05 bits per heavy atom. The molecule has 0 aliphatic carbocycles. The van der Waals surface area contributed by atoms with Gasteiger partial charge in [-0.25, -0.2) is 0 Å². The SMILES string of the molecule is CCc1nn(CC)c(C2CCNCC2)c1C(=O)CN1CNC2(CCN(C(=O)c3ccc(C(C)(C)C)cc3)CC2)C1=O. The van der Waals surface area contributed by atoms with Crippen LogP contribution in [0.3, 0.4) is 0 Å². The number of amides is 2. The third kappa shape index (κ3) is 5.71. The zero-order chi connectivity index (χ0) is 29.4. The Morgan fingerprint density at radius 3 is 2.29 bits per heavy atom. The van der Waals surface area contributed by atoms with Crippen molar-refractivity contribution in [2.45, 2.75) is 90.1 Å². The lowest BCUT2D eigenvalue weighted by Crippen LogP contribution is -2.55. The number of aryl methyl sites for hydroxylation is 2. The van der Waals surface area contributed by atoms with Crippen LogP contribution in [0.4, 0.5) is 0 Å². The van der Waals surface area contributed by atoms with Crippen LogP contribution in [0.2, 0.25) is 0 Å². The minimum atomic E-state index is -0.716. The predicted octanol–water partition coefficient (Wildman–Crippen LogP) is 3.48. The van der Waals surface area contributed by atoms with E-state index in [2.05, 4.69) is 38.3 Å². The average molecular weight is 563 g/mol. The average Bonchev–Trinajstić information content (AvgIpc) is 3.51. The molecule has 9 heteroatoms. The molecule has 5 rings (SSSR count). The van der Waals surface area contributed by atoms with Crippen molar-refractivity contribution in [1.82, 2.24) is 30.2 Å².